The first-order valence-corrected chi connectivity index (χ1v) is 10.2. The van der Waals surface area contributed by atoms with Crippen LogP contribution in [0.1, 0.15) is 15.9 Å². The average molecular weight is 414 g/mol. The zero-order valence-electron chi connectivity index (χ0n) is 15.6. The highest BCUT2D eigenvalue weighted by Gasteiger charge is 2.16. The van der Waals surface area contributed by atoms with Crippen molar-refractivity contribution in [1.29, 1.82) is 0 Å². The number of amides is 1. The maximum absolute atomic E-state index is 13.0. The number of hydrogen-bond donors (Lipinski definition) is 2. The lowest BCUT2D eigenvalue weighted by molar-refractivity contribution is 0.0950. The summed E-state index contributed by atoms with van der Waals surface area (Å²) in [4.78, 5) is 12.4. The maximum Gasteiger partial charge on any atom is 0.261 e. The van der Waals surface area contributed by atoms with E-state index in [9.17, 15) is 17.6 Å². The van der Waals surface area contributed by atoms with Gasteiger partial charge in [-0.15, -0.1) is 0 Å². The number of benzene rings is 3. The highest BCUT2D eigenvalue weighted by atomic mass is 32.2. The van der Waals surface area contributed by atoms with Crippen molar-refractivity contribution in [2.45, 2.75) is 11.4 Å². The van der Waals surface area contributed by atoms with E-state index >= 15 is 0 Å². The lowest BCUT2D eigenvalue weighted by Crippen LogP contribution is -2.23. The van der Waals surface area contributed by atoms with Crippen LogP contribution in [0.5, 0.6) is 5.75 Å². The van der Waals surface area contributed by atoms with Gasteiger partial charge in [0.25, 0.3) is 15.9 Å². The number of ether oxygens (including phenoxy) is 1. The zero-order chi connectivity index (χ0) is 20.9. The fourth-order valence-electron chi connectivity index (χ4n) is 2.56. The van der Waals surface area contributed by atoms with Gasteiger partial charge in [-0.1, -0.05) is 18.2 Å². The largest absolute Gasteiger partial charge is 0.497 e. The molecule has 0 unspecified atom stereocenters. The molecule has 6 nitrogen and oxygen atoms in total. The van der Waals surface area contributed by atoms with E-state index in [0.717, 1.165) is 17.7 Å². The van der Waals surface area contributed by atoms with E-state index in [1.54, 1.807) is 19.2 Å². The molecule has 29 heavy (non-hydrogen) atoms. The fourth-order valence-corrected chi connectivity index (χ4v) is 3.67. The van der Waals surface area contributed by atoms with Crippen molar-refractivity contribution in [3.8, 4) is 5.75 Å². The van der Waals surface area contributed by atoms with Crippen molar-refractivity contribution in [3.63, 3.8) is 0 Å². The van der Waals surface area contributed by atoms with Gasteiger partial charge in [0.1, 0.15) is 11.6 Å². The Balaban J connectivity index is 1.70. The van der Waals surface area contributed by atoms with E-state index < -0.39 is 21.7 Å². The Kier molecular flexibility index (Phi) is 6.13. The molecule has 0 aliphatic carbocycles. The minimum absolute atomic E-state index is 0.0704. The Labute approximate surface area is 168 Å². The van der Waals surface area contributed by atoms with Crippen LogP contribution in [0.15, 0.2) is 77.7 Å². The molecule has 0 fully saturated rings. The Morgan fingerprint density at radius 2 is 1.69 bits per heavy atom. The van der Waals surface area contributed by atoms with Gasteiger partial charge < -0.3 is 10.1 Å². The summed E-state index contributed by atoms with van der Waals surface area (Å²) < 4.78 is 45.5. The van der Waals surface area contributed by atoms with Crippen LogP contribution in [0.25, 0.3) is 0 Å². The van der Waals surface area contributed by atoms with Crippen molar-refractivity contribution in [3.05, 3.63) is 89.7 Å². The van der Waals surface area contributed by atoms with Crippen molar-refractivity contribution >= 4 is 21.6 Å². The smallest absolute Gasteiger partial charge is 0.261 e. The SMILES string of the molecule is COc1ccc(CNC(=O)c2cccc(S(=O)(=O)Nc3ccc(F)cc3)c2)cc1. The van der Waals surface area contributed by atoms with Crippen LogP contribution in [0.4, 0.5) is 10.1 Å². The molecule has 0 atom stereocenters. The molecule has 0 aliphatic heterocycles. The topological polar surface area (TPSA) is 84.5 Å². The second-order valence-corrected chi connectivity index (χ2v) is 7.85. The summed E-state index contributed by atoms with van der Waals surface area (Å²) in [7, 11) is -2.35. The Hall–Kier alpha value is -3.39. The monoisotopic (exact) mass is 414 g/mol. The number of carbonyl (C=O) groups excluding carboxylic acids is 1. The lowest BCUT2D eigenvalue weighted by Gasteiger charge is -2.10. The number of sulfonamides is 1. The van der Waals surface area contributed by atoms with Crippen molar-refractivity contribution in [2.75, 3.05) is 11.8 Å². The van der Waals surface area contributed by atoms with Crippen LogP contribution in [0.2, 0.25) is 0 Å². The first kappa shape index (κ1) is 20.3. The number of anilines is 1. The summed E-state index contributed by atoms with van der Waals surface area (Å²) in [6.07, 6.45) is 0. The second kappa shape index (κ2) is 8.74. The minimum Gasteiger partial charge on any atom is -0.497 e. The van der Waals surface area contributed by atoms with Crippen LogP contribution in [0.3, 0.4) is 0 Å². The number of rotatable bonds is 7. The van der Waals surface area contributed by atoms with Crippen LogP contribution in [0, 0.1) is 5.82 Å². The van der Waals surface area contributed by atoms with E-state index in [0.29, 0.717) is 5.75 Å². The molecule has 150 valence electrons. The van der Waals surface area contributed by atoms with Gasteiger partial charge in [-0.05, 0) is 60.2 Å². The van der Waals surface area contributed by atoms with Crippen LogP contribution < -0.4 is 14.8 Å². The lowest BCUT2D eigenvalue weighted by atomic mass is 10.2. The summed E-state index contributed by atoms with van der Waals surface area (Å²) in [5, 5.41) is 2.75. The molecule has 0 heterocycles. The molecule has 0 radical (unpaired) electrons. The number of nitrogens with one attached hydrogen (secondary N) is 2. The standard InChI is InChI=1S/C21H19FN2O4S/c1-28-19-11-5-15(6-12-19)14-23-21(25)16-3-2-4-20(13-16)29(26,27)24-18-9-7-17(22)8-10-18/h2-13,24H,14H2,1H3,(H,23,25). The Morgan fingerprint density at radius 3 is 2.34 bits per heavy atom. The fraction of sp³-hybridized carbons (Fsp3) is 0.0952. The zero-order valence-corrected chi connectivity index (χ0v) is 16.4. The normalized spacial score (nSPS) is 11.0. The summed E-state index contributed by atoms with van der Waals surface area (Å²) in [5.41, 5.74) is 1.31. The first-order valence-electron chi connectivity index (χ1n) is 8.67. The number of methoxy groups -OCH3 is 1. The predicted octanol–water partition coefficient (Wildman–Crippen LogP) is 3.57. The molecule has 8 heteroatoms. The highest BCUT2D eigenvalue weighted by molar-refractivity contribution is 7.92. The molecule has 0 saturated heterocycles. The Morgan fingerprint density at radius 1 is 1.00 bits per heavy atom. The molecule has 0 saturated carbocycles. The van der Waals surface area contributed by atoms with Crippen molar-refractivity contribution in [2.24, 2.45) is 0 Å². The van der Waals surface area contributed by atoms with Crippen LogP contribution >= 0.6 is 0 Å². The van der Waals surface area contributed by atoms with Crippen molar-refractivity contribution in [1.82, 2.24) is 5.32 Å². The van der Waals surface area contributed by atoms with Gasteiger partial charge >= 0.3 is 0 Å². The third-order valence-electron chi connectivity index (χ3n) is 4.12. The van der Waals surface area contributed by atoms with E-state index in [1.165, 1.54) is 36.4 Å². The van der Waals surface area contributed by atoms with Gasteiger partial charge in [-0.2, -0.15) is 0 Å². The van der Waals surface area contributed by atoms with Gasteiger partial charge in [-0.3, -0.25) is 9.52 Å². The van der Waals surface area contributed by atoms with Gasteiger partial charge in [0.05, 0.1) is 12.0 Å². The molecule has 3 aromatic rings. The number of halogens is 1. The summed E-state index contributed by atoms with van der Waals surface area (Å²) >= 11 is 0. The maximum atomic E-state index is 13.0. The van der Waals surface area contributed by atoms with Crippen LogP contribution in [-0.4, -0.2) is 21.4 Å². The molecule has 0 aromatic heterocycles. The quantitative estimate of drug-likeness (QED) is 0.619. The van der Waals surface area contributed by atoms with E-state index in [-0.39, 0.29) is 22.7 Å². The van der Waals surface area contributed by atoms with Gasteiger partial charge in [0.15, 0.2) is 0 Å². The molecule has 3 rings (SSSR count). The first-order chi connectivity index (χ1) is 13.9. The van der Waals surface area contributed by atoms with Gasteiger partial charge in [0.2, 0.25) is 0 Å². The molecule has 3 aromatic carbocycles. The molecule has 0 bridgehead atoms. The number of hydrogen-bond acceptors (Lipinski definition) is 4. The molecule has 0 aliphatic rings. The molecule has 1 amide bonds. The van der Waals surface area contributed by atoms with E-state index in [4.69, 9.17) is 4.74 Å². The third-order valence-corrected chi connectivity index (χ3v) is 5.49. The van der Waals surface area contributed by atoms with E-state index in [2.05, 4.69) is 10.0 Å². The molecule has 0 spiro atoms. The van der Waals surface area contributed by atoms with Crippen molar-refractivity contribution < 1.29 is 22.3 Å². The average Bonchev–Trinajstić information content (AvgIpc) is 2.74. The number of carbonyl (C=O) groups is 1. The molecule has 2 N–H and O–H groups in total. The third kappa shape index (κ3) is 5.32. The molecular formula is C21H19FN2O4S. The summed E-state index contributed by atoms with van der Waals surface area (Å²) in [6, 6.07) is 17.9. The molecular weight excluding hydrogens is 395 g/mol. The van der Waals surface area contributed by atoms with Gasteiger partial charge in [-0.25, -0.2) is 12.8 Å². The second-order valence-electron chi connectivity index (χ2n) is 6.17. The van der Waals surface area contributed by atoms with E-state index in [1.807, 2.05) is 12.1 Å². The van der Waals surface area contributed by atoms with Gasteiger partial charge in [0, 0.05) is 17.8 Å². The predicted molar refractivity (Wildman–Crippen MR) is 108 cm³/mol. The Bertz CT molecular complexity index is 1100. The summed E-state index contributed by atoms with van der Waals surface area (Å²) in [5.74, 6) is -0.158. The minimum atomic E-state index is -3.92. The van der Waals surface area contributed by atoms with Crippen LogP contribution in [-0.2, 0) is 16.6 Å². The summed E-state index contributed by atoms with van der Waals surface area (Å²) in [6.45, 7) is 0.285. The highest BCUT2D eigenvalue weighted by Crippen LogP contribution is 2.18.